The second kappa shape index (κ2) is 9.00. The smallest absolute Gasteiger partial charge is 0.305 e. The van der Waals surface area contributed by atoms with E-state index in [0.29, 0.717) is 19.4 Å². The number of nitrogens with one attached hydrogen (secondary N) is 1. The Hall–Kier alpha value is -2.04. The van der Waals surface area contributed by atoms with Crippen LogP contribution in [0.4, 0.5) is 0 Å². The fourth-order valence-corrected chi connectivity index (χ4v) is 2.04. The van der Waals surface area contributed by atoms with Crippen LogP contribution in [0.2, 0.25) is 0 Å². The number of carboxylic acid groups (broad SMARTS) is 1. The predicted octanol–water partition coefficient (Wildman–Crippen LogP) is 2.31. The maximum absolute atomic E-state index is 11.6. The molecule has 21 heavy (non-hydrogen) atoms. The predicted molar refractivity (Wildman–Crippen MR) is 80.5 cm³/mol. The number of aliphatic carboxylic acids is 1. The Bertz CT molecular complexity index is 485. The lowest BCUT2D eigenvalue weighted by molar-refractivity contribution is -0.136. The molecule has 0 aromatic heterocycles. The number of aryl methyl sites for hydroxylation is 2. The summed E-state index contributed by atoms with van der Waals surface area (Å²) >= 11 is 0. The van der Waals surface area contributed by atoms with Crippen molar-refractivity contribution >= 4 is 11.9 Å². The average molecular weight is 293 g/mol. The third kappa shape index (κ3) is 6.79. The van der Waals surface area contributed by atoms with Gasteiger partial charge in [0, 0.05) is 13.0 Å². The molecule has 0 heterocycles. The zero-order valence-corrected chi connectivity index (χ0v) is 12.6. The fraction of sp³-hybridized carbons (Fsp3) is 0.500. The molecule has 0 aliphatic heterocycles. The molecule has 0 spiro atoms. The number of carbonyl (C=O) groups excluding carboxylic acids is 1. The van der Waals surface area contributed by atoms with E-state index in [0.717, 1.165) is 17.7 Å². The molecule has 1 amide bonds. The van der Waals surface area contributed by atoms with Crippen LogP contribution < -0.4 is 10.1 Å². The van der Waals surface area contributed by atoms with Gasteiger partial charge >= 0.3 is 5.97 Å². The molecule has 2 N–H and O–H groups in total. The normalized spacial score (nSPS) is 10.2. The van der Waals surface area contributed by atoms with E-state index in [1.165, 1.54) is 5.56 Å². The Morgan fingerprint density at radius 3 is 2.71 bits per heavy atom. The van der Waals surface area contributed by atoms with Crippen molar-refractivity contribution in [2.75, 3.05) is 13.2 Å². The summed E-state index contributed by atoms with van der Waals surface area (Å²) in [6.07, 6.45) is 1.82. The zero-order chi connectivity index (χ0) is 15.7. The molecule has 0 unspecified atom stereocenters. The summed E-state index contributed by atoms with van der Waals surface area (Å²) in [5.74, 6) is -0.146. The molecule has 5 nitrogen and oxygen atoms in total. The molecule has 0 saturated heterocycles. The van der Waals surface area contributed by atoms with Crippen molar-refractivity contribution in [3.05, 3.63) is 29.3 Å². The van der Waals surface area contributed by atoms with Gasteiger partial charge in [0.05, 0.1) is 13.0 Å². The number of ether oxygens (including phenoxy) is 1. The van der Waals surface area contributed by atoms with Crippen LogP contribution in [0.3, 0.4) is 0 Å². The molecule has 0 bridgehead atoms. The van der Waals surface area contributed by atoms with Crippen molar-refractivity contribution in [2.45, 2.75) is 39.5 Å². The van der Waals surface area contributed by atoms with Gasteiger partial charge in [0.1, 0.15) is 5.75 Å². The van der Waals surface area contributed by atoms with E-state index in [9.17, 15) is 9.59 Å². The third-order valence-corrected chi connectivity index (χ3v) is 3.03. The van der Waals surface area contributed by atoms with Crippen LogP contribution in [0.5, 0.6) is 5.75 Å². The Morgan fingerprint density at radius 1 is 1.29 bits per heavy atom. The van der Waals surface area contributed by atoms with Gasteiger partial charge in [-0.1, -0.05) is 17.7 Å². The number of hydrogen-bond acceptors (Lipinski definition) is 3. The standard InChI is InChI=1S/C16H23NO4/c1-3-21-14-8-7-12(2)11-13(14)5-4-6-15(18)17-10-9-16(19)20/h7-8,11H,3-6,9-10H2,1-2H3,(H,17,18)(H,19,20). The van der Waals surface area contributed by atoms with E-state index in [2.05, 4.69) is 11.4 Å². The Balaban J connectivity index is 2.39. The topological polar surface area (TPSA) is 75.6 Å². The van der Waals surface area contributed by atoms with Crippen molar-refractivity contribution in [1.29, 1.82) is 0 Å². The van der Waals surface area contributed by atoms with E-state index < -0.39 is 5.97 Å². The maximum atomic E-state index is 11.6. The molecule has 0 radical (unpaired) electrons. The first kappa shape index (κ1) is 17.0. The third-order valence-electron chi connectivity index (χ3n) is 3.03. The SMILES string of the molecule is CCOc1ccc(C)cc1CCCC(=O)NCCC(=O)O. The van der Waals surface area contributed by atoms with Gasteiger partial charge < -0.3 is 15.2 Å². The van der Waals surface area contributed by atoms with E-state index in [1.54, 1.807) is 0 Å². The average Bonchev–Trinajstić information content (AvgIpc) is 2.41. The van der Waals surface area contributed by atoms with Gasteiger partial charge in [-0.15, -0.1) is 0 Å². The van der Waals surface area contributed by atoms with Gasteiger partial charge in [0.25, 0.3) is 0 Å². The van der Waals surface area contributed by atoms with E-state index in [4.69, 9.17) is 9.84 Å². The lowest BCUT2D eigenvalue weighted by Crippen LogP contribution is -2.25. The number of carboxylic acids is 1. The molecule has 116 valence electrons. The van der Waals surface area contributed by atoms with Crippen molar-refractivity contribution in [3.8, 4) is 5.75 Å². The highest BCUT2D eigenvalue weighted by Gasteiger charge is 2.07. The molecule has 5 heteroatoms. The number of benzene rings is 1. The Morgan fingerprint density at radius 2 is 2.05 bits per heavy atom. The first-order valence-electron chi connectivity index (χ1n) is 7.23. The van der Waals surface area contributed by atoms with Crippen LogP contribution in [-0.2, 0) is 16.0 Å². The van der Waals surface area contributed by atoms with Crippen molar-refractivity contribution in [1.82, 2.24) is 5.32 Å². The number of carbonyl (C=O) groups is 2. The minimum atomic E-state index is -0.906. The van der Waals surface area contributed by atoms with Crippen molar-refractivity contribution in [3.63, 3.8) is 0 Å². The minimum Gasteiger partial charge on any atom is -0.494 e. The van der Waals surface area contributed by atoms with Crippen LogP contribution >= 0.6 is 0 Å². The van der Waals surface area contributed by atoms with Crippen molar-refractivity contribution in [2.24, 2.45) is 0 Å². The summed E-state index contributed by atoms with van der Waals surface area (Å²) in [7, 11) is 0. The highest BCUT2D eigenvalue weighted by atomic mass is 16.5. The monoisotopic (exact) mass is 293 g/mol. The molecule has 0 aliphatic rings. The number of rotatable bonds is 9. The maximum Gasteiger partial charge on any atom is 0.305 e. The quantitative estimate of drug-likeness (QED) is 0.732. The highest BCUT2D eigenvalue weighted by Crippen LogP contribution is 2.22. The summed E-state index contributed by atoms with van der Waals surface area (Å²) < 4.78 is 5.57. The van der Waals surface area contributed by atoms with Crippen LogP contribution in [0.15, 0.2) is 18.2 Å². The van der Waals surface area contributed by atoms with Gasteiger partial charge in [-0.25, -0.2) is 0 Å². The lowest BCUT2D eigenvalue weighted by Gasteiger charge is -2.11. The molecule has 0 atom stereocenters. The minimum absolute atomic E-state index is 0.0435. The van der Waals surface area contributed by atoms with Gasteiger partial charge in [-0.2, -0.15) is 0 Å². The second-order valence-electron chi connectivity index (χ2n) is 4.89. The first-order chi connectivity index (χ1) is 10.0. The molecule has 1 aromatic rings. The van der Waals surface area contributed by atoms with Crippen LogP contribution in [-0.4, -0.2) is 30.1 Å². The Kier molecular flexibility index (Phi) is 7.29. The van der Waals surface area contributed by atoms with Crippen LogP contribution in [0.1, 0.15) is 37.3 Å². The van der Waals surface area contributed by atoms with Crippen LogP contribution in [0, 0.1) is 6.92 Å². The molecular weight excluding hydrogens is 270 g/mol. The van der Waals surface area contributed by atoms with Gasteiger partial charge in [-0.05, 0) is 38.3 Å². The largest absolute Gasteiger partial charge is 0.494 e. The number of hydrogen-bond donors (Lipinski definition) is 2. The van der Waals surface area contributed by atoms with Gasteiger partial charge in [-0.3, -0.25) is 9.59 Å². The molecule has 0 aliphatic carbocycles. The van der Waals surface area contributed by atoms with Crippen molar-refractivity contribution < 1.29 is 19.4 Å². The first-order valence-corrected chi connectivity index (χ1v) is 7.23. The summed E-state index contributed by atoms with van der Waals surface area (Å²) in [6.45, 7) is 4.77. The zero-order valence-electron chi connectivity index (χ0n) is 12.6. The van der Waals surface area contributed by atoms with Gasteiger partial charge in [0.15, 0.2) is 0 Å². The Labute approximate surface area is 125 Å². The lowest BCUT2D eigenvalue weighted by atomic mass is 10.0. The summed E-state index contributed by atoms with van der Waals surface area (Å²) in [6, 6.07) is 6.04. The summed E-state index contributed by atoms with van der Waals surface area (Å²) in [5.41, 5.74) is 2.27. The molecular formula is C16H23NO4. The van der Waals surface area contributed by atoms with E-state index in [-0.39, 0.29) is 18.9 Å². The molecule has 1 aromatic carbocycles. The highest BCUT2D eigenvalue weighted by molar-refractivity contribution is 5.76. The molecule has 0 saturated carbocycles. The number of amides is 1. The van der Waals surface area contributed by atoms with Gasteiger partial charge in [0.2, 0.25) is 5.91 Å². The van der Waals surface area contributed by atoms with Crippen LogP contribution in [0.25, 0.3) is 0 Å². The second-order valence-corrected chi connectivity index (χ2v) is 4.89. The van der Waals surface area contributed by atoms with E-state index >= 15 is 0 Å². The fourth-order valence-electron chi connectivity index (χ4n) is 2.04. The summed E-state index contributed by atoms with van der Waals surface area (Å²) in [5, 5.41) is 11.1. The van der Waals surface area contributed by atoms with E-state index in [1.807, 2.05) is 26.0 Å². The summed E-state index contributed by atoms with van der Waals surface area (Å²) in [4.78, 5) is 21.9. The molecule has 0 fully saturated rings. The molecule has 1 rings (SSSR count).